The highest BCUT2D eigenvalue weighted by atomic mass is 16.5. The van der Waals surface area contributed by atoms with Crippen molar-refractivity contribution in [2.24, 2.45) is 0 Å². The molecule has 0 saturated carbocycles. The number of pyridine rings is 1. The molecule has 1 aliphatic heterocycles. The maximum absolute atomic E-state index is 12.7. The van der Waals surface area contributed by atoms with Crippen LogP contribution in [0.4, 0.5) is 0 Å². The highest BCUT2D eigenvalue weighted by Crippen LogP contribution is 2.31. The molecule has 1 amide bonds. The Hall–Kier alpha value is -4.00. The van der Waals surface area contributed by atoms with Gasteiger partial charge in [0.1, 0.15) is 5.75 Å². The molecule has 0 spiro atoms. The molecule has 0 fully saturated rings. The van der Waals surface area contributed by atoms with Crippen molar-refractivity contribution in [3.63, 3.8) is 0 Å². The van der Waals surface area contributed by atoms with Gasteiger partial charge in [-0.1, -0.05) is 30.3 Å². The first-order valence-corrected chi connectivity index (χ1v) is 9.12. The van der Waals surface area contributed by atoms with Gasteiger partial charge in [-0.3, -0.25) is 9.78 Å². The lowest BCUT2D eigenvalue weighted by molar-refractivity contribution is 0.0766. The fraction of sp³-hybridized carbons (Fsp3) is 0.0909. The average molecular weight is 384 g/mol. The Morgan fingerprint density at radius 2 is 1.93 bits per heavy atom. The minimum absolute atomic E-state index is 0.000997. The summed E-state index contributed by atoms with van der Waals surface area (Å²) >= 11 is 0. The summed E-state index contributed by atoms with van der Waals surface area (Å²) in [4.78, 5) is 26.8. The number of benzene rings is 2. The molecule has 0 aliphatic carbocycles. The van der Waals surface area contributed by atoms with Crippen molar-refractivity contribution >= 4 is 16.8 Å². The highest BCUT2D eigenvalue weighted by Gasteiger charge is 2.27. The maximum Gasteiger partial charge on any atom is 0.325 e. The third kappa shape index (κ3) is 3.23. The van der Waals surface area contributed by atoms with Crippen LogP contribution in [0.25, 0.3) is 10.9 Å². The van der Waals surface area contributed by atoms with Gasteiger partial charge in [0.05, 0.1) is 17.1 Å². The first-order chi connectivity index (χ1) is 14.2. The van der Waals surface area contributed by atoms with Crippen LogP contribution in [0.3, 0.4) is 0 Å². The Bertz CT molecular complexity index is 1230. The number of rotatable bonds is 4. The van der Waals surface area contributed by atoms with E-state index in [-0.39, 0.29) is 17.8 Å². The molecule has 0 saturated heterocycles. The summed E-state index contributed by atoms with van der Waals surface area (Å²) in [5.74, 6) is 0.333. The summed E-state index contributed by atoms with van der Waals surface area (Å²) < 4.78 is 5.74. The Morgan fingerprint density at radius 1 is 1.07 bits per heavy atom. The van der Waals surface area contributed by atoms with Gasteiger partial charge in [0, 0.05) is 24.8 Å². The van der Waals surface area contributed by atoms with Crippen LogP contribution < -0.4 is 4.74 Å². The summed E-state index contributed by atoms with van der Waals surface area (Å²) in [6.07, 6.45) is 3.09. The first kappa shape index (κ1) is 17.1. The summed E-state index contributed by atoms with van der Waals surface area (Å²) in [6.45, 7) is 1.06. The van der Waals surface area contributed by atoms with Crippen LogP contribution in [-0.4, -0.2) is 30.9 Å². The van der Waals surface area contributed by atoms with E-state index in [1.807, 2.05) is 36.4 Å². The predicted octanol–water partition coefficient (Wildman–Crippen LogP) is 3.68. The quantitative estimate of drug-likeness (QED) is 0.577. The number of carbonyl (C=O) groups is 1. The third-order valence-corrected chi connectivity index (χ3v) is 4.84. The minimum Gasteiger partial charge on any atom is -0.493 e. The Morgan fingerprint density at radius 3 is 2.79 bits per heavy atom. The van der Waals surface area contributed by atoms with Crippen molar-refractivity contribution in [2.45, 2.75) is 13.1 Å². The molecule has 1 aliphatic rings. The smallest absolute Gasteiger partial charge is 0.325 e. The second-order valence-electron chi connectivity index (χ2n) is 6.79. The Balaban J connectivity index is 1.39. The van der Waals surface area contributed by atoms with Gasteiger partial charge in [-0.25, -0.2) is 0 Å². The number of aromatic hydroxyl groups is 1. The van der Waals surface area contributed by atoms with Crippen molar-refractivity contribution in [2.75, 3.05) is 0 Å². The van der Waals surface area contributed by atoms with Crippen LogP contribution in [0, 0.1) is 0 Å². The second kappa shape index (κ2) is 6.87. The third-order valence-electron chi connectivity index (χ3n) is 4.84. The monoisotopic (exact) mass is 384 g/mol. The molecule has 2 aromatic heterocycles. The van der Waals surface area contributed by atoms with E-state index >= 15 is 0 Å². The second-order valence-corrected chi connectivity index (χ2v) is 6.79. The van der Waals surface area contributed by atoms with E-state index in [9.17, 15) is 9.90 Å². The number of amides is 1. The van der Waals surface area contributed by atoms with Crippen molar-refractivity contribution in [1.29, 1.82) is 0 Å². The van der Waals surface area contributed by atoms with E-state index < -0.39 is 0 Å². The predicted molar refractivity (Wildman–Crippen MR) is 106 cm³/mol. The normalized spacial score (nSPS) is 13.0. The molecule has 142 valence electrons. The molecule has 0 radical (unpaired) electrons. The van der Waals surface area contributed by atoms with Gasteiger partial charge in [0.15, 0.2) is 0 Å². The van der Waals surface area contributed by atoms with Gasteiger partial charge >= 0.3 is 6.01 Å². The maximum atomic E-state index is 12.7. The van der Waals surface area contributed by atoms with Gasteiger partial charge in [-0.15, -0.1) is 0 Å². The number of nitrogens with zero attached hydrogens (tertiary/aromatic N) is 4. The number of fused-ring (bicyclic) bond motifs is 2. The van der Waals surface area contributed by atoms with Crippen molar-refractivity contribution in [3.05, 3.63) is 83.7 Å². The molecule has 2 aromatic carbocycles. The summed E-state index contributed by atoms with van der Waals surface area (Å²) in [7, 11) is 0. The average Bonchev–Trinajstić information content (AvgIpc) is 3.03. The van der Waals surface area contributed by atoms with E-state index in [1.54, 1.807) is 29.3 Å². The molecule has 29 heavy (non-hydrogen) atoms. The van der Waals surface area contributed by atoms with E-state index in [2.05, 4.69) is 15.0 Å². The van der Waals surface area contributed by atoms with Gasteiger partial charge < -0.3 is 14.7 Å². The van der Waals surface area contributed by atoms with Crippen molar-refractivity contribution in [3.8, 4) is 17.6 Å². The number of carbonyl (C=O) groups excluding carboxylic acids is 1. The van der Waals surface area contributed by atoms with E-state index in [0.717, 1.165) is 11.1 Å². The Kier molecular flexibility index (Phi) is 4.05. The zero-order valence-corrected chi connectivity index (χ0v) is 15.3. The van der Waals surface area contributed by atoms with E-state index in [4.69, 9.17) is 4.74 Å². The number of ether oxygens (including phenoxy) is 1. The molecule has 3 heterocycles. The molecule has 0 atom stereocenters. The molecule has 1 N–H and O–H groups in total. The van der Waals surface area contributed by atoms with Crippen LogP contribution in [0.5, 0.6) is 17.6 Å². The van der Waals surface area contributed by atoms with Crippen LogP contribution in [0.15, 0.2) is 67.0 Å². The lowest BCUT2D eigenvalue weighted by Crippen LogP contribution is -2.23. The highest BCUT2D eigenvalue weighted by molar-refractivity contribution is 5.98. The van der Waals surface area contributed by atoms with Crippen LogP contribution in [0.1, 0.15) is 21.5 Å². The molecule has 7 heteroatoms. The topological polar surface area (TPSA) is 88.4 Å². The van der Waals surface area contributed by atoms with E-state index in [1.165, 1.54) is 6.20 Å². The molecule has 4 aromatic rings. The largest absolute Gasteiger partial charge is 0.493 e. The molecular formula is C22H16N4O3. The van der Waals surface area contributed by atoms with Gasteiger partial charge in [-0.2, -0.15) is 9.97 Å². The molecular weight excluding hydrogens is 368 g/mol. The number of hydrogen-bond acceptors (Lipinski definition) is 6. The number of hydrogen-bond donors (Lipinski definition) is 1. The fourth-order valence-electron chi connectivity index (χ4n) is 3.45. The zero-order valence-electron chi connectivity index (χ0n) is 15.3. The molecule has 7 nitrogen and oxygen atoms in total. The zero-order chi connectivity index (χ0) is 19.8. The van der Waals surface area contributed by atoms with Crippen LogP contribution >= 0.6 is 0 Å². The fourth-order valence-corrected chi connectivity index (χ4v) is 3.45. The summed E-state index contributed by atoms with van der Waals surface area (Å²) in [6, 6.07) is 16.8. The van der Waals surface area contributed by atoms with Gasteiger partial charge in [0.2, 0.25) is 5.88 Å². The molecule has 0 bridgehead atoms. The summed E-state index contributed by atoms with van der Waals surface area (Å²) in [5.41, 5.74) is 3.12. The Labute approximate surface area is 166 Å². The number of aromatic nitrogens is 3. The molecule has 5 rings (SSSR count). The van der Waals surface area contributed by atoms with Gasteiger partial charge in [0.25, 0.3) is 5.91 Å². The van der Waals surface area contributed by atoms with E-state index in [0.29, 0.717) is 35.3 Å². The van der Waals surface area contributed by atoms with Crippen molar-refractivity contribution < 1.29 is 14.6 Å². The minimum atomic E-state index is -0.169. The summed E-state index contributed by atoms with van der Waals surface area (Å²) in [5, 5.41) is 10.6. The van der Waals surface area contributed by atoms with Crippen LogP contribution in [-0.2, 0) is 13.1 Å². The SMILES string of the molecule is O=C1c2ccc(Oc3nc(O)c4ccncc4n3)cc2CN1Cc1ccccc1. The van der Waals surface area contributed by atoms with Crippen LogP contribution in [0.2, 0.25) is 0 Å². The van der Waals surface area contributed by atoms with Gasteiger partial charge in [-0.05, 0) is 35.4 Å². The first-order valence-electron chi connectivity index (χ1n) is 9.12. The standard InChI is InChI=1S/C22H16N4O3/c27-20-18-8-9-23-11-19(18)24-22(25-20)29-16-6-7-17-15(10-16)13-26(21(17)28)12-14-4-2-1-3-5-14/h1-11H,12-13H2,(H,24,25,27). The lowest BCUT2D eigenvalue weighted by atomic mass is 10.1. The van der Waals surface area contributed by atoms with Crippen molar-refractivity contribution in [1.82, 2.24) is 19.9 Å². The lowest BCUT2D eigenvalue weighted by Gasteiger charge is -2.15. The molecule has 0 unspecified atom stereocenters.